The van der Waals surface area contributed by atoms with Crippen molar-refractivity contribution in [2.45, 2.75) is 44.0 Å². The summed E-state index contributed by atoms with van der Waals surface area (Å²) < 4.78 is 43.1. The highest BCUT2D eigenvalue weighted by molar-refractivity contribution is 7.89. The highest BCUT2D eigenvalue weighted by atomic mass is 32.2. The summed E-state index contributed by atoms with van der Waals surface area (Å²) in [4.78, 5) is 20.3. The molecule has 9 heteroatoms. The number of rotatable bonds is 4. The molecule has 2 aliphatic rings. The molecule has 3 aromatic rings. The van der Waals surface area contributed by atoms with Crippen LogP contribution in [-0.2, 0) is 23.0 Å². The number of hydrogen-bond acceptors (Lipinski definition) is 4. The number of piperazine rings is 1. The van der Waals surface area contributed by atoms with E-state index < -0.39 is 10.0 Å². The van der Waals surface area contributed by atoms with Gasteiger partial charge < -0.3 is 9.47 Å². The van der Waals surface area contributed by atoms with Crippen LogP contribution < -0.4 is 0 Å². The molecule has 0 bridgehead atoms. The first-order chi connectivity index (χ1) is 16.8. The van der Waals surface area contributed by atoms with E-state index in [1.807, 2.05) is 6.92 Å². The van der Waals surface area contributed by atoms with Crippen LogP contribution in [0.2, 0.25) is 0 Å². The molecule has 5 rings (SSSR count). The second-order valence-corrected chi connectivity index (χ2v) is 11.1. The van der Waals surface area contributed by atoms with E-state index in [-0.39, 0.29) is 29.7 Å². The average Bonchev–Trinajstić information content (AvgIpc) is 3.05. The lowest BCUT2D eigenvalue weighted by Crippen LogP contribution is -2.50. The number of aromatic nitrogens is 2. The van der Waals surface area contributed by atoms with E-state index >= 15 is 0 Å². The van der Waals surface area contributed by atoms with Gasteiger partial charge in [0.2, 0.25) is 10.0 Å². The van der Waals surface area contributed by atoms with Crippen LogP contribution in [0.1, 0.15) is 41.0 Å². The molecule has 1 aromatic heterocycles. The molecule has 2 aromatic carbocycles. The van der Waals surface area contributed by atoms with Gasteiger partial charge in [-0.3, -0.25) is 4.79 Å². The van der Waals surface area contributed by atoms with Crippen LogP contribution in [-0.4, -0.2) is 59.3 Å². The van der Waals surface area contributed by atoms with Crippen molar-refractivity contribution in [2.24, 2.45) is 0 Å². The van der Waals surface area contributed by atoms with Crippen LogP contribution in [0.5, 0.6) is 0 Å². The molecule has 0 unspecified atom stereocenters. The van der Waals surface area contributed by atoms with Gasteiger partial charge in [0, 0.05) is 38.3 Å². The number of carbonyl (C=O) groups excluding carboxylic acids is 1. The fraction of sp³-hybridized carbons (Fsp3) is 0.385. The monoisotopic (exact) mass is 496 g/mol. The lowest BCUT2D eigenvalue weighted by molar-refractivity contribution is 0.0691. The second kappa shape index (κ2) is 9.54. The van der Waals surface area contributed by atoms with Crippen molar-refractivity contribution >= 4 is 15.9 Å². The molecular formula is C26H29FN4O3S. The van der Waals surface area contributed by atoms with Crippen molar-refractivity contribution in [1.29, 1.82) is 0 Å². The fourth-order valence-electron chi connectivity index (χ4n) is 4.85. The van der Waals surface area contributed by atoms with Gasteiger partial charge >= 0.3 is 0 Å². The number of carbonyl (C=O) groups is 1. The lowest BCUT2D eigenvalue weighted by Gasteiger charge is -2.33. The van der Waals surface area contributed by atoms with Gasteiger partial charge in [-0.2, -0.15) is 4.31 Å². The number of sulfonamides is 1. The predicted molar refractivity (Wildman–Crippen MR) is 131 cm³/mol. The van der Waals surface area contributed by atoms with Crippen LogP contribution in [0.4, 0.5) is 4.39 Å². The van der Waals surface area contributed by atoms with Crippen LogP contribution in [0.15, 0.2) is 53.4 Å². The molecule has 1 amide bonds. The molecule has 3 heterocycles. The molecule has 0 atom stereocenters. The zero-order chi connectivity index (χ0) is 24.6. The van der Waals surface area contributed by atoms with E-state index in [0.717, 1.165) is 49.0 Å². The quantitative estimate of drug-likeness (QED) is 0.550. The van der Waals surface area contributed by atoms with E-state index in [9.17, 15) is 17.6 Å². The molecular weight excluding hydrogens is 467 g/mol. The third-order valence-corrected chi connectivity index (χ3v) is 8.77. The molecule has 0 radical (unpaired) electrons. The number of benzene rings is 2. The molecule has 1 fully saturated rings. The Morgan fingerprint density at radius 1 is 0.886 bits per heavy atom. The van der Waals surface area contributed by atoms with Crippen molar-refractivity contribution in [3.05, 3.63) is 71.3 Å². The molecule has 1 saturated heterocycles. The Bertz CT molecular complexity index is 1330. The maximum absolute atomic E-state index is 13.6. The lowest BCUT2D eigenvalue weighted by atomic mass is 10.1. The van der Waals surface area contributed by atoms with Crippen LogP contribution in [0.3, 0.4) is 0 Å². The first-order valence-corrected chi connectivity index (χ1v) is 13.5. The normalized spacial score (nSPS) is 17.1. The summed E-state index contributed by atoms with van der Waals surface area (Å²) in [6.07, 6.45) is 3.82. The summed E-state index contributed by atoms with van der Waals surface area (Å²) in [7, 11) is -3.60. The van der Waals surface area contributed by atoms with Crippen LogP contribution >= 0.6 is 0 Å². The van der Waals surface area contributed by atoms with Crippen molar-refractivity contribution < 1.29 is 17.6 Å². The number of hydrogen-bond donors (Lipinski definition) is 0. The van der Waals surface area contributed by atoms with E-state index in [0.29, 0.717) is 24.6 Å². The van der Waals surface area contributed by atoms with Crippen molar-refractivity contribution in [3.63, 3.8) is 0 Å². The Hall–Kier alpha value is -3.04. The minimum absolute atomic E-state index is 0.170. The molecule has 35 heavy (non-hydrogen) atoms. The SMILES string of the molecule is Cc1ccc(S(=O)(=O)N2CCN(C(=O)c3nc(-c4ccc(F)cc4)n4c3CCCCC4)CC2)cc1. The van der Waals surface area contributed by atoms with E-state index in [2.05, 4.69) is 4.57 Å². The number of nitrogens with zero attached hydrogens (tertiary/aromatic N) is 4. The highest BCUT2D eigenvalue weighted by Gasteiger charge is 2.33. The van der Waals surface area contributed by atoms with Crippen molar-refractivity contribution in [1.82, 2.24) is 18.8 Å². The summed E-state index contributed by atoms with van der Waals surface area (Å²) in [6, 6.07) is 13.0. The Kier molecular flexibility index (Phi) is 6.46. The van der Waals surface area contributed by atoms with Gasteiger partial charge in [-0.05, 0) is 62.6 Å². The van der Waals surface area contributed by atoms with Gasteiger partial charge in [-0.15, -0.1) is 0 Å². The van der Waals surface area contributed by atoms with Crippen molar-refractivity contribution in [2.75, 3.05) is 26.2 Å². The molecule has 0 N–H and O–H groups in total. The van der Waals surface area contributed by atoms with Crippen molar-refractivity contribution in [3.8, 4) is 11.4 Å². The third kappa shape index (κ3) is 4.62. The van der Waals surface area contributed by atoms with Gasteiger partial charge in [0.15, 0.2) is 0 Å². The van der Waals surface area contributed by atoms with E-state index in [1.54, 1.807) is 41.3 Å². The fourth-order valence-corrected chi connectivity index (χ4v) is 6.27. The van der Waals surface area contributed by atoms with Gasteiger partial charge in [-0.25, -0.2) is 17.8 Å². The molecule has 0 aliphatic carbocycles. The molecule has 184 valence electrons. The topological polar surface area (TPSA) is 75.5 Å². The number of fused-ring (bicyclic) bond motifs is 1. The Morgan fingerprint density at radius 2 is 1.57 bits per heavy atom. The maximum atomic E-state index is 13.6. The van der Waals surface area contributed by atoms with Gasteiger partial charge in [0.25, 0.3) is 5.91 Å². The molecule has 0 spiro atoms. The number of halogens is 1. The van der Waals surface area contributed by atoms with Gasteiger partial charge in [-0.1, -0.05) is 24.1 Å². The summed E-state index contributed by atoms with van der Waals surface area (Å²) >= 11 is 0. The maximum Gasteiger partial charge on any atom is 0.274 e. The number of aryl methyl sites for hydroxylation is 1. The minimum Gasteiger partial charge on any atom is -0.335 e. The molecule has 2 aliphatic heterocycles. The summed E-state index contributed by atoms with van der Waals surface area (Å²) in [5.74, 6) is 0.202. The van der Waals surface area contributed by atoms with E-state index in [1.165, 1.54) is 16.4 Å². The Labute approximate surface area is 205 Å². The number of imidazole rings is 1. The molecule has 7 nitrogen and oxygen atoms in total. The van der Waals surface area contributed by atoms with Gasteiger partial charge in [0.05, 0.1) is 10.6 Å². The average molecular weight is 497 g/mol. The minimum atomic E-state index is -3.60. The summed E-state index contributed by atoms with van der Waals surface area (Å²) in [6.45, 7) is 3.78. The summed E-state index contributed by atoms with van der Waals surface area (Å²) in [5.41, 5.74) is 3.13. The predicted octanol–water partition coefficient (Wildman–Crippen LogP) is 3.87. The van der Waals surface area contributed by atoms with E-state index in [4.69, 9.17) is 4.98 Å². The first kappa shape index (κ1) is 23.7. The first-order valence-electron chi connectivity index (χ1n) is 12.1. The van der Waals surface area contributed by atoms with Crippen LogP contribution in [0.25, 0.3) is 11.4 Å². The third-order valence-electron chi connectivity index (χ3n) is 6.86. The Balaban J connectivity index is 1.37. The van der Waals surface area contributed by atoms with Gasteiger partial charge in [0.1, 0.15) is 17.3 Å². The summed E-state index contributed by atoms with van der Waals surface area (Å²) in [5, 5.41) is 0. The largest absolute Gasteiger partial charge is 0.335 e. The highest BCUT2D eigenvalue weighted by Crippen LogP contribution is 2.29. The second-order valence-electron chi connectivity index (χ2n) is 9.21. The standard InChI is InChI=1S/C26H29FN4O3S/c1-19-6-12-22(13-7-19)35(33,34)30-17-15-29(16-18-30)26(32)24-23-5-3-2-4-14-31(23)25(28-24)20-8-10-21(27)11-9-20/h6-13H,2-5,14-18H2,1H3. The zero-order valence-corrected chi connectivity index (χ0v) is 20.6. The molecule has 0 saturated carbocycles. The number of amides is 1. The van der Waals surface area contributed by atoms with Crippen LogP contribution in [0, 0.1) is 12.7 Å². The smallest absolute Gasteiger partial charge is 0.274 e. The zero-order valence-electron chi connectivity index (χ0n) is 19.8. The Morgan fingerprint density at radius 3 is 2.26 bits per heavy atom.